The van der Waals surface area contributed by atoms with Gasteiger partial charge in [0.1, 0.15) is 0 Å². The zero-order valence-corrected chi connectivity index (χ0v) is 27.9. The van der Waals surface area contributed by atoms with E-state index in [2.05, 4.69) is 167 Å². The standard InChI is InChI=1S/C42H50S.CH4/c1-6-42(7-2,8-3)43-41(4,5)40(33-39-30-27-37(28-31-39)25-23-35-18-13-10-14-19-35)32-38-21-15-20-36(26-29-38)24-22-34-16-11-9-12-17-34;/h9-14,16-19,22-27,29-30,40H,6-8,15,20-21,32-33H2,1-5H3;1H4/b24-22+,25-23+;. The van der Waals surface area contributed by atoms with Crippen LogP contribution in [0, 0.1) is 5.92 Å². The quantitative estimate of drug-likeness (QED) is 0.194. The van der Waals surface area contributed by atoms with Crippen LogP contribution < -0.4 is 0 Å². The maximum absolute atomic E-state index is 3.54. The van der Waals surface area contributed by atoms with E-state index in [4.69, 9.17) is 0 Å². The van der Waals surface area contributed by atoms with Crippen LogP contribution in [0.4, 0.5) is 0 Å². The van der Waals surface area contributed by atoms with Gasteiger partial charge in [-0.3, -0.25) is 0 Å². The van der Waals surface area contributed by atoms with Crippen molar-refractivity contribution in [2.45, 2.75) is 103 Å². The highest BCUT2D eigenvalue weighted by Gasteiger charge is 2.38. The molecular formula is C43H54S. The van der Waals surface area contributed by atoms with Crippen LogP contribution >= 0.6 is 11.8 Å². The van der Waals surface area contributed by atoms with Gasteiger partial charge in [-0.05, 0) is 92.2 Å². The predicted octanol–water partition coefficient (Wildman–Crippen LogP) is 13.1. The molecule has 0 spiro atoms. The Morgan fingerprint density at radius 2 is 1.34 bits per heavy atom. The Morgan fingerprint density at radius 1 is 0.727 bits per heavy atom. The van der Waals surface area contributed by atoms with Gasteiger partial charge >= 0.3 is 0 Å². The average molecular weight is 603 g/mol. The molecule has 1 heteroatoms. The number of benzene rings is 2. The van der Waals surface area contributed by atoms with Gasteiger partial charge in [-0.1, -0.05) is 150 Å². The van der Waals surface area contributed by atoms with Crippen LogP contribution in [0.3, 0.4) is 0 Å². The highest BCUT2D eigenvalue weighted by molar-refractivity contribution is 8.02. The summed E-state index contributed by atoms with van der Waals surface area (Å²) in [5.74, 6) is 0.512. The highest BCUT2D eigenvalue weighted by Crippen LogP contribution is 2.50. The second-order valence-corrected chi connectivity index (χ2v) is 14.6. The van der Waals surface area contributed by atoms with E-state index in [1.807, 2.05) is 0 Å². The zero-order chi connectivity index (χ0) is 30.5. The smallest absolute Gasteiger partial charge is 0.0249 e. The highest BCUT2D eigenvalue weighted by atomic mass is 32.2. The third-order valence-electron chi connectivity index (χ3n) is 9.24. The first-order valence-corrected chi connectivity index (χ1v) is 17.1. The van der Waals surface area contributed by atoms with E-state index < -0.39 is 0 Å². The monoisotopic (exact) mass is 602 g/mol. The largest absolute Gasteiger partial charge is 0.149 e. The van der Waals surface area contributed by atoms with Crippen molar-refractivity contribution in [1.82, 2.24) is 0 Å². The van der Waals surface area contributed by atoms with Crippen LogP contribution in [-0.4, -0.2) is 9.49 Å². The molecule has 0 saturated heterocycles. The number of hydrogen-bond donors (Lipinski definition) is 0. The van der Waals surface area contributed by atoms with Crippen molar-refractivity contribution in [3.05, 3.63) is 142 Å². The summed E-state index contributed by atoms with van der Waals surface area (Å²) in [5, 5.41) is 0. The minimum Gasteiger partial charge on any atom is -0.149 e. The topological polar surface area (TPSA) is 0 Å². The molecule has 0 amide bonds. The molecule has 44 heavy (non-hydrogen) atoms. The Bertz CT molecular complexity index is 1430. The summed E-state index contributed by atoms with van der Waals surface area (Å²) in [7, 11) is 0. The Kier molecular flexibility index (Phi) is 13.9. The minimum absolute atomic E-state index is 0. The van der Waals surface area contributed by atoms with Crippen molar-refractivity contribution < 1.29 is 0 Å². The van der Waals surface area contributed by atoms with E-state index in [1.54, 1.807) is 5.57 Å². The lowest BCUT2D eigenvalue weighted by Crippen LogP contribution is -2.36. The molecule has 2 aliphatic carbocycles. The van der Waals surface area contributed by atoms with E-state index in [-0.39, 0.29) is 12.2 Å². The van der Waals surface area contributed by atoms with Crippen molar-refractivity contribution in [3.8, 4) is 0 Å². The first kappa shape index (κ1) is 35.3. The molecule has 0 heterocycles. The van der Waals surface area contributed by atoms with Gasteiger partial charge in [0.2, 0.25) is 0 Å². The van der Waals surface area contributed by atoms with Gasteiger partial charge < -0.3 is 0 Å². The van der Waals surface area contributed by atoms with Crippen molar-refractivity contribution in [2.75, 3.05) is 0 Å². The van der Waals surface area contributed by atoms with Gasteiger partial charge in [-0.2, -0.15) is 0 Å². The second kappa shape index (κ2) is 17.3. The molecule has 0 aromatic heterocycles. The minimum atomic E-state index is 0. The Morgan fingerprint density at radius 3 is 1.91 bits per heavy atom. The van der Waals surface area contributed by atoms with E-state index in [0.29, 0.717) is 10.7 Å². The molecule has 232 valence electrons. The fourth-order valence-electron chi connectivity index (χ4n) is 6.13. The fourth-order valence-corrected chi connectivity index (χ4v) is 8.02. The van der Waals surface area contributed by atoms with E-state index in [1.165, 1.54) is 54.4 Å². The van der Waals surface area contributed by atoms with E-state index >= 15 is 0 Å². The maximum atomic E-state index is 3.54. The average Bonchev–Trinajstić information content (AvgIpc) is 3.28. The van der Waals surface area contributed by atoms with Gasteiger partial charge in [-0.15, -0.1) is 11.8 Å². The molecule has 0 N–H and O–H groups in total. The molecule has 0 fully saturated rings. The number of allylic oxidation sites excluding steroid dienone is 10. The molecule has 2 aromatic carbocycles. The molecule has 1 unspecified atom stereocenters. The summed E-state index contributed by atoms with van der Waals surface area (Å²) in [6.45, 7) is 12.1. The molecule has 0 saturated carbocycles. The molecule has 0 radical (unpaired) electrons. The van der Waals surface area contributed by atoms with Crippen LogP contribution in [0.5, 0.6) is 0 Å². The summed E-state index contributed by atoms with van der Waals surface area (Å²) in [6.07, 6.45) is 27.4. The normalized spacial score (nSPS) is 16.2. The third-order valence-corrected chi connectivity index (χ3v) is 11.4. The molecular weight excluding hydrogens is 549 g/mol. The SMILES string of the molecule is C.CCC(CC)(CC)SC(C)(C)C(CC1=C=C=C(/C=C/c2ccccc2)C=C1)CC1=CC=C(/C=C/c2ccccc2)CCC1. The molecule has 0 nitrogen and oxygen atoms in total. The van der Waals surface area contributed by atoms with Crippen LogP contribution in [0.1, 0.15) is 105 Å². The number of hydrogen-bond acceptors (Lipinski definition) is 1. The fraction of sp³-hybridized carbons (Fsp3) is 0.395. The van der Waals surface area contributed by atoms with Gasteiger partial charge in [0.15, 0.2) is 0 Å². The van der Waals surface area contributed by atoms with Gasteiger partial charge in [-0.25, -0.2) is 0 Å². The van der Waals surface area contributed by atoms with Crippen LogP contribution in [0.25, 0.3) is 12.2 Å². The van der Waals surface area contributed by atoms with Gasteiger partial charge in [0.05, 0.1) is 0 Å². The second-order valence-electron chi connectivity index (χ2n) is 12.5. The molecule has 2 aromatic rings. The molecule has 0 bridgehead atoms. The molecule has 1 atom stereocenters. The molecule has 0 aliphatic heterocycles. The number of rotatable bonds is 14. The van der Waals surface area contributed by atoms with Crippen LogP contribution in [0.2, 0.25) is 0 Å². The Balaban J connectivity index is 0.00000529. The van der Waals surface area contributed by atoms with Crippen molar-refractivity contribution >= 4 is 23.9 Å². The van der Waals surface area contributed by atoms with E-state index in [9.17, 15) is 0 Å². The zero-order valence-electron chi connectivity index (χ0n) is 27.0. The maximum Gasteiger partial charge on any atom is 0.0249 e. The van der Waals surface area contributed by atoms with Crippen molar-refractivity contribution in [2.24, 2.45) is 5.92 Å². The first-order chi connectivity index (χ1) is 20.8. The molecule has 4 rings (SSSR count). The lowest BCUT2D eigenvalue weighted by Gasteiger charge is -2.43. The van der Waals surface area contributed by atoms with Crippen LogP contribution in [-0.2, 0) is 0 Å². The Hall–Kier alpha value is -3.21. The predicted molar refractivity (Wildman–Crippen MR) is 199 cm³/mol. The van der Waals surface area contributed by atoms with E-state index in [0.717, 1.165) is 24.8 Å². The number of thioether (sulfide) groups is 1. The summed E-state index contributed by atoms with van der Waals surface area (Å²) in [5.41, 5.74) is 14.8. The third kappa shape index (κ3) is 10.5. The first-order valence-electron chi connectivity index (χ1n) is 16.3. The lowest BCUT2D eigenvalue weighted by atomic mass is 9.82. The van der Waals surface area contributed by atoms with Crippen molar-refractivity contribution in [3.63, 3.8) is 0 Å². The van der Waals surface area contributed by atoms with Crippen molar-refractivity contribution in [1.29, 1.82) is 0 Å². The molecule has 2 aliphatic rings. The summed E-state index contributed by atoms with van der Waals surface area (Å²) >= 11 is 2.24. The van der Waals surface area contributed by atoms with Crippen LogP contribution in [0.15, 0.2) is 131 Å². The Labute approximate surface area is 273 Å². The summed E-state index contributed by atoms with van der Waals surface area (Å²) in [4.78, 5) is 0. The lowest BCUT2D eigenvalue weighted by molar-refractivity contribution is 0.403. The summed E-state index contributed by atoms with van der Waals surface area (Å²) in [6, 6.07) is 21.1. The van der Waals surface area contributed by atoms with Gasteiger partial charge in [0.25, 0.3) is 0 Å². The van der Waals surface area contributed by atoms with Gasteiger partial charge in [0, 0.05) is 20.6 Å². The summed E-state index contributed by atoms with van der Waals surface area (Å²) < 4.78 is 0.464.